The van der Waals surface area contributed by atoms with E-state index in [1.807, 2.05) is 16.7 Å². The van der Waals surface area contributed by atoms with Gasteiger partial charge in [0.2, 0.25) is 5.95 Å². The van der Waals surface area contributed by atoms with Crippen molar-refractivity contribution in [3.8, 4) is 0 Å². The van der Waals surface area contributed by atoms with Crippen LogP contribution in [0.25, 0.3) is 11.0 Å². The Bertz CT molecular complexity index is 1100. The molecule has 0 atom stereocenters. The SMILES string of the molecule is O=C(Nc1nc2cc(CO)ccc2n1C1CCC(O)CC1)c1cccc([N+](=O)[O-])c1. The predicted octanol–water partition coefficient (Wildman–Crippen LogP) is 3.17. The van der Waals surface area contributed by atoms with Crippen molar-refractivity contribution < 1.29 is 19.9 Å². The number of hydrogen-bond donors (Lipinski definition) is 3. The molecule has 1 aliphatic carbocycles. The van der Waals surface area contributed by atoms with Crippen molar-refractivity contribution in [3.63, 3.8) is 0 Å². The Labute approximate surface area is 172 Å². The highest BCUT2D eigenvalue weighted by molar-refractivity contribution is 6.04. The molecule has 30 heavy (non-hydrogen) atoms. The number of aromatic nitrogens is 2. The first-order valence-corrected chi connectivity index (χ1v) is 9.82. The van der Waals surface area contributed by atoms with Crippen LogP contribution in [0.15, 0.2) is 42.5 Å². The Morgan fingerprint density at radius 2 is 1.97 bits per heavy atom. The van der Waals surface area contributed by atoms with Gasteiger partial charge < -0.3 is 14.8 Å². The second-order valence-corrected chi connectivity index (χ2v) is 7.51. The minimum Gasteiger partial charge on any atom is -0.393 e. The summed E-state index contributed by atoms with van der Waals surface area (Å²) in [5, 5.41) is 33.1. The molecule has 0 saturated heterocycles. The second kappa shape index (κ2) is 8.21. The minimum absolute atomic E-state index is 0.0544. The summed E-state index contributed by atoms with van der Waals surface area (Å²) in [4.78, 5) is 27.8. The molecule has 0 unspecified atom stereocenters. The molecular formula is C21H22N4O5. The number of nitrogens with zero attached hydrogens (tertiary/aromatic N) is 3. The first-order valence-electron chi connectivity index (χ1n) is 9.82. The summed E-state index contributed by atoms with van der Waals surface area (Å²) in [6, 6.07) is 11.0. The van der Waals surface area contributed by atoms with E-state index < -0.39 is 10.8 Å². The summed E-state index contributed by atoms with van der Waals surface area (Å²) in [5.74, 6) is -0.147. The summed E-state index contributed by atoms with van der Waals surface area (Å²) in [6.07, 6.45) is 2.50. The molecule has 1 saturated carbocycles. The van der Waals surface area contributed by atoms with E-state index in [0.29, 0.717) is 29.9 Å². The lowest BCUT2D eigenvalue weighted by molar-refractivity contribution is -0.384. The van der Waals surface area contributed by atoms with Gasteiger partial charge in [-0.1, -0.05) is 12.1 Å². The van der Waals surface area contributed by atoms with Crippen LogP contribution in [-0.2, 0) is 6.61 Å². The number of amides is 1. The van der Waals surface area contributed by atoms with E-state index in [2.05, 4.69) is 10.3 Å². The quantitative estimate of drug-likeness (QED) is 0.437. The number of anilines is 1. The lowest BCUT2D eigenvalue weighted by Gasteiger charge is -2.28. The van der Waals surface area contributed by atoms with Gasteiger partial charge in [0.15, 0.2) is 0 Å². The van der Waals surface area contributed by atoms with Gasteiger partial charge in [0.1, 0.15) is 0 Å². The van der Waals surface area contributed by atoms with Gasteiger partial charge in [0.05, 0.1) is 28.7 Å². The third-order valence-corrected chi connectivity index (χ3v) is 5.51. The van der Waals surface area contributed by atoms with Crippen LogP contribution in [-0.4, -0.2) is 36.7 Å². The number of aliphatic hydroxyl groups is 2. The molecule has 156 valence electrons. The molecule has 2 aromatic carbocycles. The number of nitrogens with one attached hydrogen (secondary N) is 1. The number of nitro groups is 1. The smallest absolute Gasteiger partial charge is 0.270 e. The van der Waals surface area contributed by atoms with Crippen LogP contribution in [0, 0.1) is 10.1 Å². The first-order chi connectivity index (χ1) is 14.5. The Hall–Kier alpha value is -3.30. The van der Waals surface area contributed by atoms with Crippen molar-refractivity contribution in [3.05, 3.63) is 63.7 Å². The van der Waals surface area contributed by atoms with Gasteiger partial charge in [0.25, 0.3) is 11.6 Å². The summed E-state index contributed by atoms with van der Waals surface area (Å²) in [6.45, 7) is -0.117. The van der Waals surface area contributed by atoms with E-state index in [1.54, 1.807) is 6.07 Å². The maximum absolute atomic E-state index is 12.8. The fourth-order valence-corrected chi connectivity index (χ4v) is 3.95. The van der Waals surface area contributed by atoms with Gasteiger partial charge in [-0.15, -0.1) is 0 Å². The normalized spacial score (nSPS) is 19.0. The van der Waals surface area contributed by atoms with Crippen molar-refractivity contribution in [2.24, 2.45) is 0 Å². The average Bonchev–Trinajstić information content (AvgIpc) is 3.11. The van der Waals surface area contributed by atoms with Crippen LogP contribution in [0.4, 0.5) is 11.6 Å². The van der Waals surface area contributed by atoms with E-state index >= 15 is 0 Å². The Morgan fingerprint density at radius 3 is 2.67 bits per heavy atom. The fourth-order valence-electron chi connectivity index (χ4n) is 3.95. The standard InChI is InChI=1S/C21H22N4O5/c26-12-13-4-9-19-18(10-13)22-21(24(19)15-5-7-17(27)8-6-15)23-20(28)14-2-1-3-16(11-14)25(29)30/h1-4,9-11,15,17,26-27H,5-8,12H2,(H,22,23,28). The van der Waals surface area contributed by atoms with Gasteiger partial charge in [-0.05, 0) is 49.4 Å². The molecule has 4 rings (SSSR count). The molecular weight excluding hydrogens is 388 g/mol. The van der Waals surface area contributed by atoms with E-state index in [1.165, 1.54) is 24.3 Å². The number of hydrogen-bond acceptors (Lipinski definition) is 6. The van der Waals surface area contributed by atoms with Gasteiger partial charge in [-0.2, -0.15) is 0 Å². The van der Waals surface area contributed by atoms with Crippen LogP contribution in [0.3, 0.4) is 0 Å². The van der Waals surface area contributed by atoms with Gasteiger partial charge in [0, 0.05) is 23.7 Å². The zero-order chi connectivity index (χ0) is 21.3. The van der Waals surface area contributed by atoms with E-state index in [0.717, 1.165) is 18.4 Å². The molecule has 1 aliphatic rings. The number of imidazole rings is 1. The number of non-ortho nitro benzene ring substituents is 1. The van der Waals surface area contributed by atoms with E-state index in [4.69, 9.17) is 0 Å². The van der Waals surface area contributed by atoms with Gasteiger partial charge in [-0.25, -0.2) is 4.98 Å². The number of fused-ring (bicyclic) bond motifs is 1. The highest BCUT2D eigenvalue weighted by Gasteiger charge is 2.26. The maximum Gasteiger partial charge on any atom is 0.270 e. The molecule has 1 heterocycles. The summed E-state index contributed by atoms with van der Waals surface area (Å²) in [7, 11) is 0. The molecule has 9 heteroatoms. The van der Waals surface area contributed by atoms with E-state index in [9.17, 15) is 25.1 Å². The molecule has 1 amide bonds. The predicted molar refractivity (Wildman–Crippen MR) is 110 cm³/mol. The van der Waals surface area contributed by atoms with Crippen LogP contribution in [0.2, 0.25) is 0 Å². The fraction of sp³-hybridized carbons (Fsp3) is 0.333. The monoisotopic (exact) mass is 410 g/mol. The largest absolute Gasteiger partial charge is 0.393 e. The Kier molecular flexibility index (Phi) is 5.47. The van der Waals surface area contributed by atoms with Crippen molar-refractivity contribution in [1.82, 2.24) is 9.55 Å². The molecule has 0 aliphatic heterocycles. The molecule has 3 aromatic rings. The third kappa shape index (κ3) is 3.89. The molecule has 9 nitrogen and oxygen atoms in total. The molecule has 1 aromatic heterocycles. The zero-order valence-electron chi connectivity index (χ0n) is 16.2. The number of aliphatic hydroxyl groups excluding tert-OH is 2. The van der Waals surface area contributed by atoms with Crippen LogP contribution >= 0.6 is 0 Å². The van der Waals surface area contributed by atoms with Crippen LogP contribution in [0.1, 0.15) is 47.6 Å². The van der Waals surface area contributed by atoms with Gasteiger partial charge in [-0.3, -0.25) is 20.2 Å². The highest BCUT2D eigenvalue weighted by Crippen LogP contribution is 2.35. The summed E-state index contributed by atoms with van der Waals surface area (Å²) in [5.41, 5.74) is 2.18. The Morgan fingerprint density at radius 1 is 1.20 bits per heavy atom. The van der Waals surface area contributed by atoms with Gasteiger partial charge >= 0.3 is 0 Å². The number of benzene rings is 2. The summed E-state index contributed by atoms with van der Waals surface area (Å²) < 4.78 is 1.96. The number of carbonyl (C=O) groups is 1. The molecule has 0 radical (unpaired) electrons. The zero-order valence-corrected chi connectivity index (χ0v) is 16.2. The van der Waals surface area contributed by atoms with E-state index in [-0.39, 0.29) is 30.0 Å². The van der Waals surface area contributed by atoms with Crippen molar-refractivity contribution >= 4 is 28.6 Å². The Balaban J connectivity index is 1.71. The maximum atomic E-state index is 12.8. The lowest BCUT2D eigenvalue weighted by Crippen LogP contribution is -2.23. The van der Waals surface area contributed by atoms with Crippen molar-refractivity contribution in [2.45, 2.75) is 44.4 Å². The number of carbonyl (C=O) groups excluding carboxylic acids is 1. The molecule has 1 fully saturated rings. The van der Waals surface area contributed by atoms with Crippen molar-refractivity contribution in [1.29, 1.82) is 0 Å². The molecule has 0 spiro atoms. The number of nitro benzene ring substituents is 1. The first kappa shape index (κ1) is 20.0. The summed E-state index contributed by atoms with van der Waals surface area (Å²) >= 11 is 0. The lowest BCUT2D eigenvalue weighted by atomic mass is 9.93. The molecule has 0 bridgehead atoms. The minimum atomic E-state index is -0.546. The van der Waals surface area contributed by atoms with Crippen LogP contribution < -0.4 is 5.32 Å². The van der Waals surface area contributed by atoms with Crippen molar-refractivity contribution in [2.75, 3.05) is 5.32 Å². The highest BCUT2D eigenvalue weighted by atomic mass is 16.6. The average molecular weight is 410 g/mol. The third-order valence-electron chi connectivity index (χ3n) is 5.51. The topological polar surface area (TPSA) is 131 Å². The number of rotatable bonds is 5. The molecule has 3 N–H and O–H groups in total. The van der Waals surface area contributed by atoms with Crippen LogP contribution in [0.5, 0.6) is 0 Å². The second-order valence-electron chi connectivity index (χ2n) is 7.51.